The number of hydrogen-bond acceptors (Lipinski definition) is 5. The maximum atomic E-state index is 11.3. The second kappa shape index (κ2) is 8.45. The first-order chi connectivity index (χ1) is 8.63. The highest BCUT2D eigenvalue weighted by Crippen LogP contribution is 2.13. The van der Waals surface area contributed by atoms with Crippen LogP contribution in [0.3, 0.4) is 0 Å². The average Bonchev–Trinajstić information content (AvgIpc) is 2.38. The SMILES string of the molecule is COC(=O)C(C)CN(C)CCOC1CCCCO1. The Bertz CT molecular complexity index is 241. The zero-order valence-corrected chi connectivity index (χ0v) is 11.7. The molecule has 5 nitrogen and oxygen atoms in total. The van der Waals surface area contributed by atoms with Gasteiger partial charge in [0.05, 0.1) is 19.6 Å². The molecule has 0 aromatic rings. The van der Waals surface area contributed by atoms with Crippen molar-refractivity contribution in [1.29, 1.82) is 0 Å². The minimum Gasteiger partial charge on any atom is -0.469 e. The van der Waals surface area contributed by atoms with E-state index in [1.165, 1.54) is 13.5 Å². The fraction of sp³-hybridized carbons (Fsp3) is 0.923. The number of methoxy groups -OCH3 is 1. The van der Waals surface area contributed by atoms with Crippen LogP contribution in [0.2, 0.25) is 0 Å². The molecule has 1 heterocycles. The largest absolute Gasteiger partial charge is 0.469 e. The van der Waals surface area contributed by atoms with Gasteiger partial charge in [0.2, 0.25) is 0 Å². The van der Waals surface area contributed by atoms with Crippen molar-refractivity contribution in [2.24, 2.45) is 5.92 Å². The molecule has 18 heavy (non-hydrogen) atoms. The van der Waals surface area contributed by atoms with E-state index in [0.717, 1.165) is 26.0 Å². The van der Waals surface area contributed by atoms with Gasteiger partial charge in [0.1, 0.15) is 0 Å². The predicted octanol–water partition coefficient (Wildman–Crippen LogP) is 1.27. The molecule has 5 heteroatoms. The second-order valence-corrected chi connectivity index (χ2v) is 4.85. The zero-order chi connectivity index (χ0) is 13.4. The first-order valence-electron chi connectivity index (χ1n) is 6.63. The van der Waals surface area contributed by atoms with Crippen molar-refractivity contribution in [3.05, 3.63) is 0 Å². The summed E-state index contributed by atoms with van der Waals surface area (Å²) in [6.07, 6.45) is 3.27. The molecular weight excluding hydrogens is 234 g/mol. The van der Waals surface area contributed by atoms with E-state index in [2.05, 4.69) is 4.90 Å². The summed E-state index contributed by atoms with van der Waals surface area (Å²) < 4.78 is 15.8. The van der Waals surface area contributed by atoms with Gasteiger partial charge in [-0.25, -0.2) is 0 Å². The van der Waals surface area contributed by atoms with Gasteiger partial charge in [0.15, 0.2) is 6.29 Å². The van der Waals surface area contributed by atoms with Crippen LogP contribution in [0.4, 0.5) is 0 Å². The third-order valence-electron chi connectivity index (χ3n) is 3.10. The number of esters is 1. The molecule has 0 aromatic heterocycles. The summed E-state index contributed by atoms with van der Waals surface area (Å²) in [5.41, 5.74) is 0. The molecule has 1 saturated heterocycles. The van der Waals surface area contributed by atoms with Gasteiger partial charge in [-0.3, -0.25) is 4.79 Å². The summed E-state index contributed by atoms with van der Waals surface area (Å²) in [5.74, 6) is -0.274. The van der Waals surface area contributed by atoms with Crippen molar-refractivity contribution in [1.82, 2.24) is 4.90 Å². The maximum absolute atomic E-state index is 11.3. The van der Waals surface area contributed by atoms with Crippen LogP contribution in [0, 0.1) is 5.92 Å². The molecular formula is C13H25NO4. The van der Waals surface area contributed by atoms with E-state index in [-0.39, 0.29) is 18.2 Å². The van der Waals surface area contributed by atoms with E-state index in [1.807, 2.05) is 14.0 Å². The topological polar surface area (TPSA) is 48.0 Å². The predicted molar refractivity (Wildman–Crippen MR) is 68.2 cm³/mol. The molecule has 106 valence electrons. The number of likely N-dealkylation sites (N-methyl/N-ethyl adjacent to an activating group) is 1. The number of carbonyl (C=O) groups excluding carboxylic acids is 1. The molecule has 0 saturated carbocycles. The van der Waals surface area contributed by atoms with Crippen LogP contribution in [-0.2, 0) is 19.0 Å². The smallest absolute Gasteiger partial charge is 0.309 e. The lowest BCUT2D eigenvalue weighted by molar-refractivity contribution is -0.164. The van der Waals surface area contributed by atoms with Gasteiger partial charge in [-0.15, -0.1) is 0 Å². The van der Waals surface area contributed by atoms with Gasteiger partial charge in [-0.1, -0.05) is 6.92 Å². The Morgan fingerprint density at radius 3 is 2.89 bits per heavy atom. The van der Waals surface area contributed by atoms with Crippen molar-refractivity contribution in [2.45, 2.75) is 32.5 Å². The van der Waals surface area contributed by atoms with Crippen molar-refractivity contribution in [3.8, 4) is 0 Å². The van der Waals surface area contributed by atoms with Crippen LogP contribution in [0.5, 0.6) is 0 Å². The van der Waals surface area contributed by atoms with E-state index in [1.54, 1.807) is 0 Å². The van der Waals surface area contributed by atoms with E-state index < -0.39 is 0 Å². The fourth-order valence-electron chi connectivity index (χ4n) is 2.02. The summed E-state index contributed by atoms with van der Waals surface area (Å²) in [6, 6.07) is 0. The van der Waals surface area contributed by atoms with Crippen LogP contribution < -0.4 is 0 Å². The normalized spacial score (nSPS) is 21.9. The van der Waals surface area contributed by atoms with Gasteiger partial charge >= 0.3 is 5.97 Å². The molecule has 0 amide bonds. The monoisotopic (exact) mass is 259 g/mol. The van der Waals surface area contributed by atoms with Crippen LogP contribution in [0.25, 0.3) is 0 Å². The van der Waals surface area contributed by atoms with E-state index in [0.29, 0.717) is 13.2 Å². The Labute approximate surface area is 109 Å². The van der Waals surface area contributed by atoms with Gasteiger partial charge in [0.25, 0.3) is 0 Å². The van der Waals surface area contributed by atoms with Crippen LogP contribution in [-0.4, -0.2) is 57.6 Å². The molecule has 2 atom stereocenters. The molecule has 0 bridgehead atoms. The summed E-state index contributed by atoms with van der Waals surface area (Å²) in [7, 11) is 3.40. The summed E-state index contributed by atoms with van der Waals surface area (Å²) >= 11 is 0. The maximum Gasteiger partial charge on any atom is 0.309 e. The summed E-state index contributed by atoms with van der Waals surface area (Å²) in [4.78, 5) is 13.3. The van der Waals surface area contributed by atoms with Crippen molar-refractivity contribution < 1.29 is 19.0 Å². The molecule has 0 N–H and O–H groups in total. The average molecular weight is 259 g/mol. The molecule has 0 aromatic carbocycles. The molecule has 1 aliphatic rings. The lowest BCUT2D eigenvalue weighted by atomic mass is 10.2. The number of rotatable bonds is 7. The Balaban J connectivity index is 2.08. The van der Waals surface area contributed by atoms with Gasteiger partial charge in [-0.2, -0.15) is 0 Å². The third-order valence-corrected chi connectivity index (χ3v) is 3.10. The number of hydrogen-bond donors (Lipinski definition) is 0. The number of carbonyl (C=O) groups is 1. The van der Waals surface area contributed by atoms with Crippen molar-refractivity contribution >= 4 is 5.97 Å². The Hall–Kier alpha value is -0.650. The van der Waals surface area contributed by atoms with E-state index in [4.69, 9.17) is 14.2 Å². The minimum atomic E-state index is -0.168. The van der Waals surface area contributed by atoms with E-state index in [9.17, 15) is 4.79 Å². The third kappa shape index (κ3) is 5.80. The highest BCUT2D eigenvalue weighted by molar-refractivity contribution is 5.71. The Kier molecular flexibility index (Phi) is 7.23. The quantitative estimate of drug-likeness (QED) is 0.644. The molecule has 1 fully saturated rings. The number of nitrogens with zero attached hydrogens (tertiary/aromatic N) is 1. The molecule has 1 rings (SSSR count). The van der Waals surface area contributed by atoms with Gasteiger partial charge < -0.3 is 19.1 Å². The second-order valence-electron chi connectivity index (χ2n) is 4.85. The van der Waals surface area contributed by atoms with E-state index >= 15 is 0 Å². The summed E-state index contributed by atoms with van der Waals surface area (Å²) in [6.45, 7) is 4.78. The molecule has 0 spiro atoms. The van der Waals surface area contributed by atoms with Crippen molar-refractivity contribution in [2.75, 3.05) is 40.5 Å². The van der Waals surface area contributed by atoms with Gasteiger partial charge in [-0.05, 0) is 26.3 Å². The molecule has 0 radical (unpaired) electrons. The highest BCUT2D eigenvalue weighted by Gasteiger charge is 2.17. The first-order valence-corrected chi connectivity index (χ1v) is 6.63. The van der Waals surface area contributed by atoms with Crippen LogP contribution in [0.1, 0.15) is 26.2 Å². The Morgan fingerprint density at radius 2 is 2.28 bits per heavy atom. The zero-order valence-electron chi connectivity index (χ0n) is 11.7. The lowest BCUT2D eigenvalue weighted by Crippen LogP contribution is -2.33. The lowest BCUT2D eigenvalue weighted by Gasteiger charge is -2.25. The molecule has 2 unspecified atom stereocenters. The first kappa shape index (κ1) is 15.4. The Morgan fingerprint density at radius 1 is 1.50 bits per heavy atom. The summed E-state index contributed by atoms with van der Waals surface area (Å²) in [5, 5.41) is 0. The van der Waals surface area contributed by atoms with Crippen LogP contribution >= 0.6 is 0 Å². The van der Waals surface area contributed by atoms with Gasteiger partial charge in [0, 0.05) is 19.7 Å². The fourth-order valence-corrected chi connectivity index (χ4v) is 2.02. The molecule has 0 aliphatic carbocycles. The minimum absolute atomic E-state index is 0.0369. The standard InChI is InChI=1S/C13H25NO4/c1-11(13(15)16-3)10-14(2)7-9-18-12-6-4-5-8-17-12/h11-12H,4-10H2,1-3H3. The molecule has 1 aliphatic heterocycles. The van der Waals surface area contributed by atoms with Crippen molar-refractivity contribution in [3.63, 3.8) is 0 Å². The van der Waals surface area contributed by atoms with Crippen LogP contribution in [0.15, 0.2) is 0 Å². The highest BCUT2D eigenvalue weighted by atomic mass is 16.7. The number of ether oxygens (including phenoxy) is 3.